The Balaban J connectivity index is 1.87. The Morgan fingerprint density at radius 1 is 1.11 bits per heavy atom. The molecule has 0 saturated heterocycles. The summed E-state index contributed by atoms with van der Waals surface area (Å²) in [6.07, 6.45) is -0.797. The minimum Gasteiger partial charge on any atom is -0.464 e. The normalized spacial score (nSPS) is 12.6. The van der Waals surface area contributed by atoms with Gasteiger partial charge in [-0.15, -0.1) is 13.2 Å². The van der Waals surface area contributed by atoms with Crippen LogP contribution in [0.3, 0.4) is 0 Å². The van der Waals surface area contributed by atoms with Crippen molar-refractivity contribution in [1.29, 1.82) is 0 Å². The maximum absolute atomic E-state index is 12.8. The van der Waals surface area contributed by atoms with Gasteiger partial charge in [-0.3, -0.25) is 4.79 Å². The molecule has 1 aromatic carbocycles. The van der Waals surface area contributed by atoms with Gasteiger partial charge in [0.15, 0.2) is 27.2 Å². The maximum Gasteiger partial charge on any atom is 0.573 e. The van der Waals surface area contributed by atoms with Crippen LogP contribution < -0.4 is 10.1 Å². The average molecular weight is 514 g/mol. The van der Waals surface area contributed by atoms with Crippen LogP contribution in [-0.4, -0.2) is 64.8 Å². The van der Waals surface area contributed by atoms with Gasteiger partial charge in [-0.25, -0.2) is 28.2 Å². The van der Waals surface area contributed by atoms with Gasteiger partial charge in [-0.2, -0.15) is 9.78 Å². The molecule has 0 fully saturated rings. The lowest BCUT2D eigenvalue weighted by molar-refractivity contribution is -0.274. The molecule has 12 nitrogen and oxygen atoms in total. The first kappa shape index (κ1) is 25.5. The minimum atomic E-state index is -5.10. The van der Waals surface area contributed by atoms with Crippen LogP contribution in [0.2, 0.25) is 0 Å². The van der Waals surface area contributed by atoms with E-state index in [-0.39, 0.29) is 17.3 Å². The van der Waals surface area contributed by atoms with E-state index in [1.165, 1.54) is 24.9 Å². The summed E-state index contributed by atoms with van der Waals surface area (Å²) >= 11 is 0. The molecule has 0 radical (unpaired) electrons. The number of aromatic nitrogens is 5. The molecule has 1 N–H and O–H groups in total. The second-order valence-corrected chi connectivity index (χ2v) is 9.01. The number of esters is 1. The average Bonchev–Trinajstić information content (AvgIpc) is 3.27. The Morgan fingerprint density at radius 2 is 1.83 bits per heavy atom. The molecule has 0 aliphatic carbocycles. The Labute approximate surface area is 196 Å². The van der Waals surface area contributed by atoms with E-state index in [0.717, 1.165) is 30.9 Å². The van der Waals surface area contributed by atoms with E-state index < -0.39 is 50.3 Å². The summed E-state index contributed by atoms with van der Waals surface area (Å²) in [6.45, 7) is 1.50. The second kappa shape index (κ2) is 9.65. The van der Waals surface area contributed by atoms with E-state index >= 15 is 0 Å². The molecule has 0 spiro atoms. The second-order valence-electron chi connectivity index (χ2n) is 6.99. The standard InChI is InChI=1S/C19H17F3N6O6S/c1-10(16-25-9-26-28(16)15-8-23-14(7-24-15)18(30)33-2)27-17(29)11-4-12(34-19(20,21)22)6-13(5-11)35(3,31)32/h4-10H,1-3H3,(H,27,29). The molecule has 3 rings (SSSR count). The van der Waals surface area contributed by atoms with Crippen LogP contribution in [0, 0.1) is 0 Å². The van der Waals surface area contributed by atoms with Crippen LogP contribution >= 0.6 is 0 Å². The number of ether oxygens (including phenoxy) is 2. The molecule has 2 aromatic heterocycles. The van der Waals surface area contributed by atoms with E-state index in [0.29, 0.717) is 6.07 Å². The number of rotatable bonds is 7. The smallest absolute Gasteiger partial charge is 0.464 e. The number of hydrogen-bond donors (Lipinski definition) is 1. The highest BCUT2D eigenvalue weighted by atomic mass is 32.2. The van der Waals surface area contributed by atoms with Gasteiger partial charge in [0.25, 0.3) is 5.91 Å². The topological polar surface area (TPSA) is 155 Å². The molecule has 186 valence electrons. The molecule has 3 aromatic rings. The Kier molecular flexibility index (Phi) is 7.04. The van der Waals surface area contributed by atoms with Gasteiger partial charge in [-0.1, -0.05) is 0 Å². The van der Waals surface area contributed by atoms with E-state index in [1.807, 2.05) is 0 Å². The number of hydrogen-bond acceptors (Lipinski definition) is 10. The van der Waals surface area contributed by atoms with Gasteiger partial charge < -0.3 is 14.8 Å². The first-order valence-electron chi connectivity index (χ1n) is 9.51. The highest BCUT2D eigenvalue weighted by Crippen LogP contribution is 2.27. The van der Waals surface area contributed by atoms with Crippen LogP contribution in [0.25, 0.3) is 5.82 Å². The number of nitrogens with one attached hydrogen (secondary N) is 1. The summed E-state index contributed by atoms with van der Waals surface area (Å²) in [6, 6.07) is 1.46. The highest BCUT2D eigenvalue weighted by molar-refractivity contribution is 7.90. The third-order valence-corrected chi connectivity index (χ3v) is 5.45. The van der Waals surface area contributed by atoms with Crippen LogP contribution in [0.4, 0.5) is 13.2 Å². The lowest BCUT2D eigenvalue weighted by Gasteiger charge is -2.16. The predicted molar refractivity (Wildman–Crippen MR) is 110 cm³/mol. The molecule has 1 unspecified atom stereocenters. The van der Waals surface area contributed by atoms with Gasteiger partial charge in [0.2, 0.25) is 0 Å². The van der Waals surface area contributed by atoms with Crippen molar-refractivity contribution in [2.75, 3.05) is 13.4 Å². The lowest BCUT2D eigenvalue weighted by atomic mass is 10.2. The zero-order valence-electron chi connectivity index (χ0n) is 18.3. The number of halogens is 3. The third-order valence-electron chi connectivity index (χ3n) is 4.36. The van der Waals surface area contributed by atoms with E-state index in [4.69, 9.17) is 0 Å². The summed E-state index contributed by atoms with van der Waals surface area (Å²) in [7, 11) is -2.78. The van der Waals surface area contributed by atoms with Crippen molar-refractivity contribution < 1.29 is 40.7 Å². The first-order chi connectivity index (χ1) is 16.3. The molecule has 2 heterocycles. The van der Waals surface area contributed by atoms with Crippen LogP contribution in [0.1, 0.15) is 39.6 Å². The van der Waals surface area contributed by atoms with Gasteiger partial charge >= 0.3 is 12.3 Å². The van der Waals surface area contributed by atoms with Crippen LogP contribution in [-0.2, 0) is 14.6 Å². The number of nitrogens with zero attached hydrogens (tertiary/aromatic N) is 5. The number of carbonyl (C=O) groups is 2. The summed E-state index contributed by atoms with van der Waals surface area (Å²) in [5.74, 6) is -2.18. The predicted octanol–water partition coefficient (Wildman–Crippen LogP) is 1.64. The Hall–Kier alpha value is -4.08. The van der Waals surface area contributed by atoms with Gasteiger partial charge in [0, 0.05) is 11.8 Å². The summed E-state index contributed by atoms with van der Waals surface area (Å²) in [4.78, 5) is 35.7. The quantitative estimate of drug-likeness (QED) is 0.460. The fourth-order valence-corrected chi connectivity index (χ4v) is 3.49. The van der Waals surface area contributed by atoms with Crippen molar-refractivity contribution in [3.05, 3.63) is 54.0 Å². The molecule has 35 heavy (non-hydrogen) atoms. The van der Waals surface area contributed by atoms with Crippen molar-refractivity contribution in [2.24, 2.45) is 0 Å². The SMILES string of the molecule is COC(=O)c1cnc(-n2ncnc2C(C)NC(=O)c2cc(OC(F)(F)F)cc(S(C)(=O)=O)c2)cn1. The monoisotopic (exact) mass is 514 g/mol. The van der Waals surface area contributed by atoms with Gasteiger partial charge in [0.1, 0.15) is 12.1 Å². The number of amides is 1. The molecule has 0 aliphatic rings. The molecule has 0 saturated carbocycles. The zero-order valence-corrected chi connectivity index (χ0v) is 19.1. The highest BCUT2D eigenvalue weighted by Gasteiger charge is 2.32. The minimum absolute atomic E-state index is 0.0538. The van der Waals surface area contributed by atoms with E-state index in [1.54, 1.807) is 0 Å². The largest absolute Gasteiger partial charge is 0.573 e. The maximum atomic E-state index is 12.8. The van der Waals surface area contributed by atoms with E-state index in [9.17, 15) is 31.2 Å². The number of methoxy groups -OCH3 is 1. The van der Waals surface area contributed by atoms with Crippen LogP contribution in [0.15, 0.2) is 41.8 Å². The number of alkyl halides is 3. The van der Waals surface area contributed by atoms with Crippen molar-refractivity contribution in [3.8, 4) is 11.6 Å². The fraction of sp³-hybridized carbons (Fsp3) is 0.263. The molecular formula is C19H17F3N6O6S. The molecule has 0 aliphatic heterocycles. The van der Waals surface area contributed by atoms with E-state index in [2.05, 4.69) is 34.8 Å². The summed E-state index contributed by atoms with van der Waals surface area (Å²) < 4.78 is 71.3. The van der Waals surface area contributed by atoms with Crippen LogP contribution in [0.5, 0.6) is 5.75 Å². The molecular weight excluding hydrogens is 497 g/mol. The van der Waals surface area contributed by atoms with Crippen molar-refractivity contribution in [2.45, 2.75) is 24.2 Å². The number of sulfone groups is 1. The summed E-state index contributed by atoms with van der Waals surface area (Å²) in [5.41, 5.74) is -0.450. The number of carbonyl (C=O) groups excluding carboxylic acids is 2. The van der Waals surface area contributed by atoms with Gasteiger partial charge in [-0.05, 0) is 25.1 Å². The fourth-order valence-electron chi connectivity index (χ4n) is 2.82. The third kappa shape index (κ3) is 6.28. The van der Waals surface area contributed by atoms with Gasteiger partial charge in [0.05, 0.1) is 30.4 Å². The van der Waals surface area contributed by atoms with Crippen molar-refractivity contribution in [1.82, 2.24) is 30.0 Å². The first-order valence-corrected chi connectivity index (χ1v) is 11.4. The number of benzene rings is 1. The molecule has 1 atom stereocenters. The Morgan fingerprint density at radius 3 is 2.40 bits per heavy atom. The lowest BCUT2D eigenvalue weighted by Crippen LogP contribution is -2.29. The molecule has 1 amide bonds. The molecule has 16 heteroatoms. The molecule has 0 bridgehead atoms. The van der Waals surface area contributed by atoms with Crippen molar-refractivity contribution in [3.63, 3.8) is 0 Å². The summed E-state index contributed by atoms with van der Waals surface area (Å²) in [5, 5.41) is 6.49. The van der Waals surface area contributed by atoms with Crippen molar-refractivity contribution >= 4 is 21.7 Å². The zero-order chi connectivity index (χ0) is 26.0. The Bertz CT molecular complexity index is 1360.